The number of carbonyl (C=O) groups is 8. The van der Waals surface area contributed by atoms with Crippen LogP contribution in [-0.2, 0) is 18.9 Å². The van der Waals surface area contributed by atoms with E-state index in [1.807, 2.05) is 0 Å². The van der Waals surface area contributed by atoms with Crippen molar-refractivity contribution >= 4 is 86.9 Å². The van der Waals surface area contributed by atoms with E-state index in [0.29, 0.717) is 0 Å². The number of halogens is 3. The average molecular weight is 734 g/mol. The maximum Gasteiger partial charge on any atom is 0.347 e. The third-order valence-corrected chi connectivity index (χ3v) is 9.33. The topological polar surface area (TPSA) is 173 Å². The van der Waals surface area contributed by atoms with Gasteiger partial charge in [-0.15, -0.1) is 0 Å². The van der Waals surface area contributed by atoms with E-state index in [4.69, 9.17) is 42.1 Å². The summed E-state index contributed by atoms with van der Waals surface area (Å²) in [5, 5.41) is -0.401. The molecule has 0 aromatic heterocycles. The van der Waals surface area contributed by atoms with Crippen LogP contribution in [0.1, 0.15) is 82.9 Å². The minimum atomic E-state index is -1.40. The highest BCUT2D eigenvalue weighted by molar-refractivity contribution is 9.10. The Balaban J connectivity index is 1.59. The van der Waals surface area contributed by atoms with Gasteiger partial charge in [0.05, 0.1) is 49.5 Å². The SMILES string of the molecule is O=C1OC(=O)c2cc(-c3c(Cl)c4cc5c3C(=O)OC(=O)c3cc(Cl)c-4cc3C(=O)OC5=O)c3cc2C(=O)OC(=O)c2cc-3c(Br)cc21. The van der Waals surface area contributed by atoms with Crippen LogP contribution in [0.5, 0.6) is 0 Å². The van der Waals surface area contributed by atoms with E-state index >= 15 is 0 Å². The van der Waals surface area contributed by atoms with Crippen molar-refractivity contribution in [3.05, 3.63) is 101 Å². The van der Waals surface area contributed by atoms with Gasteiger partial charge in [0.25, 0.3) is 0 Å². The van der Waals surface area contributed by atoms with E-state index in [9.17, 15) is 38.4 Å². The van der Waals surface area contributed by atoms with E-state index in [1.165, 1.54) is 12.1 Å². The fourth-order valence-electron chi connectivity index (χ4n) is 5.86. The molecule has 0 atom stereocenters. The molecular formula is C32H7BrCl2O12. The van der Waals surface area contributed by atoms with Crippen molar-refractivity contribution in [3.63, 3.8) is 0 Å². The van der Waals surface area contributed by atoms with Crippen molar-refractivity contribution in [2.24, 2.45) is 0 Å². The molecule has 0 unspecified atom stereocenters. The van der Waals surface area contributed by atoms with Gasteiger partial charge < -0.3 is 18.9 Å². The minimum Gasteiger partial charge on any atom is -0.386 e. The van der Waals surface area contributed by atoms with E-state index in [1.54, 1.807) is 0 Å². The zero-order chi connectivity index (χ0) is 33.2. The number of fused-ring (bicyclic) bond motifs is 10. The third-order valence-electron chi connectivity index (χ3n) is 7.97. The predicted octanol–water partition coefficient (Wildman–Crippen LogP) is 6.00. The summed E-state index contributed by atoms with van der Waals surface area (Å²) in [6.45, 7) is 0. The smallest absolute Gasteiger partial charge is 0.347 e. The van der Waals surface area contributed by atoms with Gasteiger partial charge in [-0.2, -0.15) is 0 Å². The number of rotatable bonds is 1. The first-order valence-corrected chi connectivity index (χ1v) is 14.7. The lowest BCUT2D eigenvalue weighted by Gasteiger charge is -2.21. The molecule has 4 aromatic rings. The zero-order valence-corrected chi connectivity index (χ0v) is 25.7. The van der Waals surface area contributed by atoms with Crippen LogP contribution in [0.15, 0.2) is 46.9 Å². The third kappa shape index (κ3) is 4.00. The molecule has 228 valence electrons. The molecule has 8 rings (SSSR count). The Labute approximate surface area is 278 Å². The Morgan fingerprint density at radius 2 is 0.745 bits per heavy atom. The summed E-state index contributed by atoms with van der Waals surface area (Å²) < 4.78 is 20.4. The second-order valence-electron chi connectivity index (χ2n) is 10.4. The molecule has 4 aliphatic heterocycles. The first-order valence-electron chi connectivity index (χ1n) is 13.1. The number of ether oxygens (including phenoxy) is 4. The zero-order valence-electron chi connectivity index (χ0n) is 22.6. The van der Waals surface area contributed by atoms with Crippen molar-refractivity contribution in [2.75, 3.05) is 0 Å². The molecule has 0 radical (unpaired) electrons. The minimum absolute atomic E-state index is 0.000306. The van der Waals surface area contributed by atoms with Crippen LogP contribution in [0.25, 0.3) is 33.4 Å². The van der Waals surface area contributed by atoms with Gasteiger partial charge in [0.15, 0.2) is 0 Å². The van der Waals surface area contributed by atoms with Gasteiger partial charge in [-0.1, -0.05) is 39.1 Å². The lowest BCUT2D eigenvalue weighted by molar-refractivity contribution is 0.0334. The van der Waals surface area contributed by atoms with E-state index in [2.05, 4.69) is 15.9 Å². The molecule has 0 saturated heterocycles. The maximum absolute atomic E-state index is 13.9. The lowest BCUT2D eigenvalue weighted by atomic mass is 9.84. The highest BCUT2D eigenvalue weighted by Gasteiger charge is 2.40. The molecule has 4 heterocycles. The summed E-state index contributed by atoms with van der Waals surface area (Å²) in [7, 11) is 0. The molecule has 12 nitrogen and oxygen atoms in total. The average Bonchev–Trinajstić information content (AvgIpc) is 3.03. The van der Waals surface area contributed by atoms with E-state index in [-0.39, 0.29) is 47.9 Å². The Bertz CT molecular complexity index is 2390. The second-order valence-corrected chi connectivity index (χ2v) is 12.1. The van der Waals surface area contributed by atoms with Crippen LogP contribution < -0.4 is 0 Å². The van der Waals surface area contributed by atoms with Gasteiger partial charge in [-0.3, -0.25) is 0 Å². The number of cyclic esters (lactones) is 4. The molecule has 0 N–H and O–H groups in total. The van der Waals surface area contributed by atoms with E-state index < -0.39 is 92.3 Å². The molecule has 0 fully saturated rings. The predicted molar refractivity (Wildman–Crippen MR) is 159 cm³/mol. The van der Waals surface area contributed by atoms with Gasteiger partial charge in [-0.05, 0) is 59.2 Å². The van der Waals surface area contributed by atoms with Gasteiger partial charge in [0.1, 0.15) is 0 Å². The number of hydrogen-bond donors (Lipinski definition) is 0. The monoisotopic (exact) mass is 732 g/mol. The molecule has 0 aliphatic carbocycles. The largest absolute Gasteiger partial charge is 0.386 e. The standard InChI is InChI=1S/C32H7BrCl2O12/c33-20-6-17-14-2-9(20)8-1-13(25(36)44-26(14)37)16(28(39)45-29(17)40)4-11(8)22-23-19-5-12(24(22)35)10-3-15(27(38)46-31(19)42)18(7-21(10)34)30(41)47-32(23)43/h1-7H. The van der Waals surface area contributed by atoms with Crippen LogP contribution >= 0.6 is 39.1 Å². The summed E-state index contributed by atoms with van der Waals surface area (Å²) >= 11 is 17.0. The molecule has 15 heteroatoms. The second kappa shape index (κ2) is 9.75. The van der Waals surface area contributed by atoms with Crippen LogP contribution in [0.3, 0.4) is 0 Å². The number of benzene rings is 4. The molecule has 0 saturated carbocycles. The van der Waals surface area contributed by atoms with Gasteiger partial charge >= 0.3 is 47.8 Å². The quantitative estimate of drug-likeness (QED) is 0.127. The highest BCUT2D eigenvalue weighted by Crippen LogP contribution is 2.50. The van der Waals surface area contributed by atoms with Crippen molar-refractivity contribution in [1.29, 1.82) is 0 Å². The molecule has 47 heavy (non-hydrogen) atoms. The summed E-state index contributed by atoms with van der Waals surface area (Å²) in [6, 6.07) is 7.89. The Morgan fingerprint density at radius 3 is 1.30 bits per heavy atom. The van der Waals surface area contributed by atoms with Crippen molar-refractivity contribution < 1.29 is 57.3 Å². The highest BCUT2D eigenvalue weighted by atomic mass is 79.9. The summed E-state index contributed by atoms with van der Waals surface area (Å²) in [5.41, 5.74) is -4.32. The summed E-state index contributed by atoms with van der Waals surface area (Å²) in [6.07, 6.45) is 0. The number of esters is 8. The molecule has 0 amide bonds. The Morgan fingerprint density at radius 1 is 0.362 bits per heavy atom. The normalized spacial score (nSPS) is 15.7. The fourth-order valence-corrected chi connectivity index (χ4v) is 7.03. The first kappa shape index (κ1) is 28.9. The van der Waals surface area contributed by atoms with Crippen molar-refractivity contribution in [2.45, 2.75) is 0 Å². The Kier molecular flexibility index (Phi) is 6.00. The molecule has 8 bridgehead atoms. The summed E-state index contributed by atoms with van der Waals surface area (Å²) in [5.74, 6) is -10.3. The number of hydrogen-bond acceptors (Lipinski definition) is 12. The molecule has 0 spiro atoms. The van der Waals surface area contributed by atoms with Crippen molar-refractivity contribution in [1.82, 2.24) is 0 Å². The van der Waals surface area contributed by atoms with Crippen LogP contribution in [0.4, 0.5) is 0 Å². The molecule has 4 aliphatic rings. The fraction of sp³-hybridized carbons (Fsp3) is 0. The molecular weight excluding hydrogens is 727 g/mol. The van der Waals surface area contributed by atoms with Gasteiger partial charge in [0, 0.05) is 26.2 Å². The number of carbonyl (C=O) groups excluding carboxylic acids is 8. The van der Waals surface area contributed by atoms with E-state index in [0.717, 1.165) is 30.3 Å². The van der Waals surface area contributed by atoms with Crippen LogP contribution in [-0.4, -0.2) is 47.8 Å². The van der Waals surface area contributed by atoms with Crippen LogP contribution in [0.2, 0.25) is 10.0 Å². The van der Waals surface area contributed by atoms with Crippen LogP contribution in [0, 0.1) is 0 Å². The summed E-state index contributed by atoms with van der Waals surface area (Å²) in [4.78, 5) is 106. The van der Waals surface area contributed by atoms with Gasteiger partial charge in [0.2, 0.25) is 0 Å². The first-order chi connectivity index (χ1) is 22.3. The Hall–Kier alpha value is -5.50. The lowest BCUT2D eigenvalue weighted by Crippen LogP contribution is -2.24. The van der Waals surface area contributed by atoms with Crippen molar-refractivity contribution in [3.8, 4) is 33.4 Å². The molecule has 4 aromatic carbocycles. The van der Waals surface area contributed by atoms with Gasteiger partial charge in [-0.25, -0.2) is 38.4 Å². The maximum atomic E-state index is 13.9.